The predicted molar refractivity (Wildman–Crippen MR) is 64.7 cm³/mol. The monoisotopic (exact) mass is 242 g/mol. The van der Waals surface area contributed by atoms with Crippen LogP contribution in [0.5, 0.6) is 0 Å². The molecule has 0 radical (unpaired) electrons. The van der Waals surface area contributed by atoms with E-state index in [0.717, 1.165) is 25.8 Å². The van der Waals surface area contributed by atoms with Gasteiger partial charge in [-0.2, -0.15) is 0 Å². The fourth-order valence-corrected chi connectivity index (χ4v) is 1.97. The van der Waals surface area contributed by atoms with E-state index in [9.17, 15) is 9.59 Å². The van der Waals surface area contributed by atoms with E-state index in [-0.39, 0.29) is 11.9 Å². The van der Waals surface area contributed by atoms with Gasteiger partial charge in [0.05, 0.1) is 6.04 Å². The van der Waals surface area contributed by atoms with Crippen molar-refractivity contribution in [2.45, 2.75) is 52.1 Å². The van der Waals surface area contributed by atoms with Crippen LogP contribution in [0.2, 0.25) is 0 Å². The maximum atomic E-state index is 11.9. The standard InChI is InChI=1S/C12H22N2O3/c1-12(2,3)9(11(16)17)14-10(15)8-6-4-5-7-13-8/h8-9,13H,4-7H2,1-3H3,(H,14,15)(H,16,17)/t8-,9-/m0/s1. The number of hydrogen-bond acceptors (Lipinski definition) is 3. The van der Waals surface area contributed by atoms with Crippen LogP contribution in [0.25, 0.3) is 0 Å². The minimum atomic E-state index is -0.985. The SMILES string of the molecule is CC(C)(C)[C@@H](NC(=O)[C@@H]1CCCCN1)C(=O)O. The average molecular weight is 242 g/mol. The summed E-state index contributed by atoms with van der Waals surface area (Å²) in [6, 6.07) is -1.09. The van der Waals surface area contributed by atoms with Gasteiger partial charge in [-0.1, -0.05) is 27.2 Å². The number of piperidine rings is 1. The number of rotatable bonds is 3. The first-order chi connectivity index (χ1) is 7.82. The first-order valence-corrected chi connectivity index (χ1v) is 6.09. The Morgan fingerprint density at radius 1 is 1.35 bits per heavy atom. The van der Waals surface area contributed by atoms with E-state index in [1.165, 1.54) is 0 Å². The Balaban J connectivity index is 2.60. The zero-order valence-corrected chi connectivity index (χ0v) is 10.7. The number of carbonyl (C=O) groups excluding carboxylic acids is 1. The van der Waals surface area contributed by atoms with E-state index >= 15 is 0 Å². The van der Waals surface area contributed by atoms with Crippen LogP contribution in [0.1, 0.15) is 40.0 Å². The van der Waals surface area contributed by atoms with E-state index in [2.05, 4.69) is 10.6 Å². The molecule has 1 heterocycles. The minimum Gasteiger partial charge on any atom is -0.480 e. The molecular formula is C12H22N2O3. The van der Waals surface area contributed by atoms with Crippen LogP contribution in [0.15, 0.2) is 0 Å². The molecule has 0 unspecified atom stereocenters. The van der Waals surface area contributed by atoms with Crippen LogP contribution in [0.3, 0.4) is 0 Å². The minimum absolute atomic E-state index is 0.202. The van der Waals surface area contributed by atoms with Gasteiger partial charge < -0.3 is 15.7 Å². The molecule has 17 heavy (non-hydrogen) atoms. The number of aliphatic carboxylic acids is 1. The predicted octanol–water partition coefficient (Wildman–Crippen LogP) is 0.744. The maximum Gasteiger partial charge on any atom is 0.326 e. The highest BCUT2D eigenvalue weighted by Gasteiger charge is 2.34. The molecule has 1 amide bonds. The molecule has 2 atom stereocenters. The molecule has 5 heteroatoms. The zero-order chi connectivity index (χ0) is 13.1. The smallest absolute Gasteiger partial charge is 0.326 e. The molecule has 5 nitrogen and oxygen atoms in total. The van der Waals surface area contributed by atoms with Crippen molar-refractivity contribution in [3.05, 3.63) is 0 Å². The van der Waals surface area contributed by atoms with Gasteiger partial charge in [0.15, 0.2) is 0 Å². The Bertz CT molecular complexity index is 291. The molecular weight excluding hydrogens is 220 g/mol. The highest BCUT2D eigenvalue weighted by Crippen LogP contribution is 2.20. The van der Waals surface area contributed by atoms with E-state index in [0.29, 0.717) is 0 Å². The Hall–Kier alpha value is -1.10. The summed E-state index contributed by atoms with van der Waals surface area (Å²) < 4.78 is 0. The van der Waals surface area contributed by atoms with Gasteiger partial charge in [-0.05, 0) is 24.8 Å². The number of carboxylic acids is 1. The van der Waals surface area contributed by atoms with Crippen molar-refractivity contribution in [3.8, 4) is 0 Å². The summed E-state index contributed by atoms with van der Waals surface area (Å²) in [4.78, 5) is 23.1. The molecule has 1 saturated heterocycles. The Morgan fingerprint density at radius 3 is 2.41 bits per heavy atom. The molecule has 1 fully saturated rings. The topological polar surface area (TPSA) is 78.4 Å². The summed E-state index contributed by atoms with van der Waals surface area (Å²) in [5.74, 6) is -1.19. The van der Waals surface area contributed by atoms with Crippen LogP contribution in [0.4, 0.5) is 0 Å². The van der Waals surface area contributed by atoms with E-state index in [1.54, 1.807) is 20.8 Å². The third kappa shape index (κ3) is 4.00. The molecule has 0 saturated carbocycles. The highest BCUT2D eigenvalue weighted by molar-refractivity contribution is 5.87. The van der Waals surface area contributed by atoms with Crippen molar-refractivity contribution < 1.29 is 14.7 Å². The average Bonchev–Trinajstić information content (AvgIpc) is 2.24. The van der Waals surface area contributed by atoms with Gasteiger partial charge in [0.2, 0.25) is 5.91 Å². The van der Waals surface area contributed by atoms with Gasteiger partial charge in [-0.15, -0.1) is 0 Å². The van der Waals surface area contributed by atoms with Gasteiger partial charge in [-0.25, -0.2) is 4.79 Å². The molecule has 0 bridgehead atoms. The third-order valence-corrected chi connectivity index (χ3v) is 3.03. The molecule has 98 valence electrons. The van der Waals surface area contributed by atoms with E-state index < -0.39 is 17.4 Å². The second kappa shape index (κ2) is 5.49. The number of carboxylic acid groups (broad SMARTS) is 1. The van der Waals surface area contributed by atoms with Crippen molar-refractivity contribution >= 4 is 11.9 Å². The van der Waals surface area contributed by atoms with Gasteiger partial charge in [0.25, 0.3) is 0 Å². The lowest BCUT2D eigenvalue weighted by atomic mass is 9.86. The molecule has 1 rings (SSSR count). The van der Waals surface area contributed by atoms with Gasteiger partial charge >= 0.3 is 5.97 Å². The van der Waals surface area contributed by atoms with Gasteiger partial charge in [0.1, 0.15) is 6.04 Å². The maximum absolute atomic E-state index is 11.9. The second-order valence-corrected chi connectivity index (χ2v) is 5.65. The third-order valence-electron chi connectivity index (χ3n) is 3.03. The molecule has 0 aromatic carbocycles. The second-order valence-electron chi connectivity index (χ2n) is 5.65. The van der Waals surface area contributed by atoms with E-state index in [1.807, 2.05) is 0 Å². The van der Waals surface area contributed by atoms with Crippen molar-refractivity contribution in [1.82, 2.24) is 10.6 Å². The van der Waals surface area contributed by atoms with Crippen molar-refractivity contribution in [2.75, 3.05) is 6.54 Å². The lowest BCUT2D eigenvalue weighted by Gasteiger charge is -2.30. The quantitative estimate of drug-likeness (QED) is 0.682. The Morgan fingerprint density at radius 2 is 2.00 bits per heavy atom. The van der Waals surface area contributed by atoms with Crippen LogP contribution in [-0.4, -0.2) is 35.6 Å². The van der Waals surface area contributed by atoms with Crippen LogP contribution in [-0.2, 0) is 9.59 Å². The Kier molecular flexibility index (Phi) is 4.51. The lowest BCUT2D eigenvalue weighted by Crippen LogP contribution is -2.55. The fourth-order valence-electron chi connectivity index (χ4n) is 1.97. The summed E-state index contributed by atoms with van der Waals surface area (Å²) in [5, 5.41) is 14.9. The Labute approximate surface area is 102 Å². The first-order valence-electron chi connectivity index (χ1n) is 6.09. The zero-order valence-electron chi connectivity index (χ0n) is 10.7. The molecule has 0 aromatic heterocycles. The van der Waals surface area contributed by atoms with Crippen molar-refractivity contribution in [2.24, 2.45) is 5.41 Å². The number of nitrogens with one attached hydrogen (secondary N) is 2. The number of hydrogen-bond donors (Lipinski definition) is 3. The number of carbonyl (C=O) groups is 2. The number of amides is 1. The summed E-state index contributed by atoms with van der Waals surface area (Å²) in [6.07, 6.45) is 2.87. The van der Waals surface area contributed by atoms with E-state index in [4.69, 9.17) is 5.11 Å². The molecule has 1 aliphatic heterocycles. The van der Waals surface area contributed by atoms with Crippen LogP contribution in [0, 0.1) is 5.41 Å². The lowest BCUT2D eigenvalue weighted by molar-refractivity contribution is -0.145. The van der Waals surface area contributed by atoms with Crippen molar-refractivity contribution in [3.63, 3.8) is 0 Å². The van der Waals surface area contributed by atoms with Crippen molar-refractivity contribution in [1.29, 1.82) is 0 Å². The summed E-state index contributed by atoms with van der Waals surface area (Å²) in [7, 11) is 0. The summed E-state index contributed by atoms with van der Waals surface area (Å²) in [6.45, 7) is 6.24. The molecule has 0 aromatic rings. The fraction of sp³-hybridized carbons (Fsp3) is 0.833. The van der Waals surface area contributed by atoms with Crippen LogP contribution < -0.4 is 10.6 Å². The van der Waals surface area contributed by atoms with Crippen LogP contribution >= 0.6 is 0 Å². The molecule has 0 aliphatic carbocycles. The molecule has 3 N–H and O–H groups in total. The molecule has 1 aliphatic rings. The summed E-state index contributed by atoms with van der Waals surface area (Å²) >= 11 is 0. The van der Waals surface area contributed by atoms with Gasteiger partial charge in [0, 0.05) is 0 Å². The first kappa shape index (κ1) is 14.0. The normalized spacial score (nSPS) is 22.9. The van der Waals surface area contributed by atoms with Gasteiger partial charge in [-0.3, -0.25) is 4.79 Å². The largest absolute Gasteiger partial charge is 0.480 e. The summed E-state index contributed by atoms with van der Waals surface area (Å²) in [5.41, 5.74) is -0.490. The highest BCUT2D eigenvalue weighted by atomic mass is 16.4. The molecule has 0 spiro atoms.